The highest BCUT2D eigenvalue weighted by Crippen LogP contribution is 2.29. The molecule has 0 aliphatic rings. The number of unbranched alkanes of at least 4 members (excludes halogenated alkanes) is 1. The van der Waals surface area contributed by atoms with Crippen molar-refractivity contribution in [2.75, 3.05) is 26.1 Å². The van der Waals surface area contributed by atoms with Gasteiger partial charge < -0.3 is 25.2 Å². The minimum absolute atomic E-state index is 0.159. The Bertz CT molecular complexity index is 533. The molecule has 1 rings (SSSR count). The molecule has 0 aromatic heterocycles. The van der Waals surface area contributed by atoms with Crippen LogP contribution in [0.25, 0.3) is 0 Å². The van der Waals surface area contributed by atoms with E-state index in [4.69, 9.17) is 9.47 Å². The Labute approximate surface area is 136 Å². The maximum Gasteiger partial charge on any atom is 0.321 e. The van der Waals surface area contributed by atoms with Crippen molar-refractivity contribution in [3.05, 3.63) is 18.2 Å². The predicted molar refractivity (Wildman–Crippen MR) is 87.1 cm³/mol. The van der Waals surface area contributed by atoms with E-state index >= 15 is 0 Å². The number of amides is 1. The summed E-state index contributed by atoms with van der Waals surface area (Å²) in [6.07, 6.45) is 1.65. The lowest BCUT2D eigenvalue weighted by atomic mass is 10.1. The summed E-state index contributed by atoms with van der Waals surface area (Å²) in [5, 5.41) is 14.7. The first kappa shape index (κ1) is 18.8. The van der Waals surface area contributed by atoms with Crippen LogP contribution in [0.15, 0.2) is 18.2 Å². The summed E-state index contributed by atoms with van der Waals surface area (Å²) >= 11 is 0. The highest BCUT2D eigenvalue weighted by Gasteiger charge is 2.21. The van der Waals surface area contributed by atoms with Gasteiger partial charge in [-0.2, -0.15) is 0 Å². The maximum atomic E-state index is 12.1. The zero-order valence-electron chi connectivity index (χ0n) is 13.7. The molecular formula is C16H24N2O5. The molecule has 1 aromatic rings. The number of carbonyl (C=O) groups excluding carboxylic acids is 1. The topological polar surface area (TPSA) is 96.9 Å². The third kappa shape index (κ3) is 6.15. The van der Waals surface area contributed by atoms with Crippen LogP contribution >= 0.6 is 0 Å². The van der Waals surface area contributed by atoms with Crippen LogP contribution in [-0.2, 0) is 9.59 Å². The Morgan fingerprint density at radius 2 is 2.00 bits per heavy atom. The van der Waals surface area contributed by atoms with Gasteiger partial charge in [0.05, 0.1) is 26.3 Å². The van der Waals surface area contributed by atoms with Gasteiger partial charge in [-0.1, -0.05) is 13.3 Å². The molecule has 7 nitrogen and oxygen atoms in total. The van der Waals surface area contributed by atoms with Gasteiger partial charge in [-0.3, -0.25) is 9.59 Å². The summed E-state index contributed by atoms with van der Waals surface area (Å²) < 4.78 is 10.3. The van der Waals surface area contributed by atoms with Crippen molar-refractivity contribution in [2.24, 2.45) is 0 Å². The van der Waals surface area contributed by atoms with E-state index in [-0.39, 0.29) is 6.42 Å². The zero-order chi connectivity index (χ0) is 17.2. The Morgan fingerprint density at radius 3 is 2.57 bits per heavy atom. The van der Waals surface area contributed by atoms with E-state index < -0.39 is 17.9 Å². The molecule has 0 radical (unpaired) electrons. The lowest BCUT2D eigenvalue weighted by Gasteiger charge is -2.15. The number of nitrogens with one attached hydrogen (secondary N) is 2. The molecule has 0 saturated carbocycles. The van der Waals surface area contributed by atoms with Gasteiger partial charge in [0, 0.05) is 6.07 Å². The van der Waals surface area contributed by atoms with Gasteiger partial charge in [0.15, 0.2) is 0 Å². The number of benzene rings is 1. The number of methoxy groups -OCH3 is 2. The standard InChI is InChI=1S/C16H24N2O5/c1-4-5-8-17-13(16(20)21)10-15(19)18-12-7-6-11(22-2)9-14(12)23-3/h6-7,9,13,17H,4-5,8,10H2,1-3H3,(H,18,19)(H,20,21). The second-order valence-electron chi connectivity index (χ2n) is 5.02. The summed E-state index contributed by atoms with van der Waals surface area (Å²) in [6.45, 7) is 2.58. The molecule has 3 N–H and O–H groups in total. The van der Waals surface area contributed by atoms with Crippen molar-refractivity contribution < 1.29 is 24.2 Å². The van der Waals surface area contributed by atoms with Crippen LogP contribution in [0.4, 0.5) is 5.69 Å². The maximum absolute atomic E-state index is 12.1. The van der Waals surface area contributed by atoms with E-state index in [1.165, 1.54) is 14.2 Å². The Kier molecular flexibility index (Phi) is 7.90. The van der Waals surface area contributed by atoms with Gasteiger partial charge in [-0.05, 0) is 25.1 Å². The number of ether oxygens (including phenoxy) is 2. The van der Waals surface area contributed by atoms with E-state index in [2.05, 4.69) is 10.6 Å². The SMILES string of the molecule is CCCCNC(CC(=O)Nc1ccc(OC)cc1OC)C(=O)O. The first-order chi connectivity index (χ1) is 11.0. The molecule has 0 bridgehead atoms. The Morgan fingerprint density at radius 1 is 1.26 bits per heavy atom. The molecule has 0 aliphatic heterocycles. The van der Waals surface area contributed by atoms with Crippen molar-refractivity contribution in [1.29, 1.82) is 0 Å². The first-order valence-electron chi connectivity index (χ1n) is 7.49. The van der Waals surface area contributed by atoms with Crippen molar-refractivity contribution in [1.82, 2.24) is 5.32 Å². The molecule has 0 saturated heterocycles. The highest BCUT2D eigenvalue weighted by atomic mass is 16.5. The van der Waals surface area contributed by atoms with Crippen LogP contribution in [0.3, 0.4) is 0 Å². The van der Waals surface area contributed by atoms with Gasteiger partial charge in [0.25, 0.3) is 0 Å². The van der Waals surface area contributed by atoms with Gasteiger partial charge >= 0.3 is 5.97 Å². The first-order valence-corrected chi connectivity index (χ1v) is 7.49. The van der Waals surface area contributed by atoms with E-state index in [1.807, 2.05) is 6.92 Å². The third-order valence-corrected chi connectivity index (χ3v) is 3.29. The summed E-state index contributed by atoms with van der Waals surface area (Å²) in [4.78, 5) is 23.3. The smallest absolute Gasteiger partial charge is 0.321 e. The molecule has 0 aliphatic carbocycles. The summed E-state index contributed by atoms with van der Waals surface area (Å²) in [6, 6.07) is 4.07. The van der Waals surface area contributed by atoms with E-state index in [1.54, 1.807) is 18.2 Å². The minimum atomic E-state index is -1.04. The zero-order valence-corrected chi connectivity index (χ0v) is 13.7. The number of carbonyl (C=O) groups is 2. The molecular weight excluding hydrogens is 300 g/mol. The van der Waals surface area contributed by atoms with Gasteiger partial charge in [0.1, 0.15) is 17.5 Å². The second-order valence-corrected chi connectivity index (χ2v) is 5.02. The Balaban J connectivity index is 2.68. The van der Waals surface area contributed by atoms with E-state index in [9.17, 15) is 14.7 Å². The number of rotatable bonds is 10. The number of hydrogen-bond acceptors (Lipinski definition) is 5. The highest BCUT2D eigenvalue weighted by molar-refractivity contribution is 5.95. The molecule has 0 spiro atoms. The van der Waals surface area contributed by atoms with Gasteiger partial charge in [0.2, 0.25) is 5.91 Å². The normalized spacial score (nSPS) is 11.6. The molecule has 23 heavy (non-hydrogen) atoms. The monoisotopic (exact) mass is 324 g/mol. The fourth-order valence-electron chi connectivity index (χ4n) is 1.99. The average Bonchev–Trinajstić information content (AvgIpc) is 2.54. The van der Waals surface area contributed by atoms with Crippen LogP contribution in [0, 0.1) is 0 Å². The Hall–Kier alpha value is -2.28. The summed E-state index contributed by atoms with van der Waals surface area (Å²) in [5.74, 6) is -0.393. The molecule has 1 atom stereocenters. The molecule has 1 aromatic carbocycles. The summed E-state index contributed by atoms with van der Waals surface area (Å²) in [5.41, 5.74) is 0.469. The second kappa shape index (κ2) is 9.68. The third-order valence-electron chi connectivity index (χ3n) is 3.29. The van der Waals surface area contributed by atoms with Crippen molar-refractivity contribution in [2.45, 2.75) is 32.2 Å². The quantitative estimate of drug-likeness (QED) is 0.569. The lowest BCUT2D eigenvalue weighted by molar-refractivity contribution is -0.141. The number of aliphatic carboxylic acids is 1. The van der Waals surface area contributed by atoms with Crippen LogP contribution in [-0.4, -0.2) is 43.8 Å². The van der Waals surface area contributed by atoms with E-state index in [0.717, 1.165) is 12.8 Å². The van der Waals surface area contributed by atoms with Crippen LogP contribution in [0.5, 0.6) is 11.5 Å². The van der Waals surface area contributed by atoms with Crippen molar-refractivity contribution >= 4 is 17.6 Å². The van der Waals surface area contributed by atoms with Crippen LogP contribution < -0.4 is 20.1 Å². The fourth-order valence-corrected chi connectivity index (χ4v) is 1.99. The number of anilines is 1. The van der Waals surface area contributed by atoms with Crippen molar-refractivity contribution in [3.63, 3.8) is 0 Å². The molecule has 0 heterocycles. The predicted octanol–water partition coefficient (Wildman–Crippen LogP) is 1.88. The molecule has 7 heteroatoms. The lowest BCUT2D eigenvalue weighted by Crippen LogP contribution is -2.40. The van der Waals surface area contributed by atoms with Gasteiger partial charge in [-0.25, -0.2) is 0 Å². The number of hydrogen-bond donors (Lipinski definition) is 3. The van der Waals surface area contributed by atoms with Crippen molar-refractivity contribution in [3.8, 4) is 11.5 Å². The molecule has 1 amide bonds. The minimum Gasteiger partial charge on any atom is -0.497 e. The van der Waals surface area contributed by atoms with Crippen LogP contribution in [0.2, 0.25) is 0 Å². The molecule has 0 fully saturated rings. The number of carboxylic acid groups (broad SMARTS) is 1. The average molecular weight is 324 g/mol. The van der Waals surface area contributed by atoms with Crippen LogP contribution in [0.1, 0.15) is 26.2 Å². The number of carboxylic acids is 1. The molecule has 128 valence electrons. The largest absolute Gasteiger partial charge is 0.497 e. The van der Waals surface area contributed by atoms with Gasteiger partial charge in [-0.15, -0.1) is 0 Å². The molecule has 1 unspecified atom stereocenters. The fraction of sp³-hybridized carbons (Fsp3) is 0.500. The summed E-state index contributed by atoms with van der Waals surface area (Å²) in [7, 11) is 3.02. The van der Waals surface area contributed by atoms with E-state index in [0.29, 0.717) is 23.7 Å².